The van der Waals surface area contributed by atoms with Gasteiger partial charge in [-0.15, -0.1) is 11.8 Å². The maximum atomic E-state index is 12.0. The Hall–Kier alpha value is -2.73. The molecule has 1 aromatic carbocycles. The summed E-state index contributed by atoms with van der Waals surface area (Å²) in [5, 5.41) is 2.90. The third-order valence-electron chi connectivity index (χ3n) is 3.31. The molecule has 0 radical (unpaired) electrons. The predicted octanol–water partition coefficient (Wildman–Crippen LogP) is 3.41. The first-order chi connectivity index (χ1) is 11.8. The topological polar surface area (TPSA) is 67.8 Å². The van der Waals surface area contributed by atoms with Crippen LogP contribution < -0.4 is 5.32 Å². The summed E-state index contributed by atoms with van der Waals surface area (Å²) >= 11 is 1.58. The van der Waals surface area contributed by atoms with Gasteiger partial charge in [-0.05, 0) is 35.4 Å². The third kappa shape index (κ3) is 4.63. The predicted molar refractivity (Wildman–Crippen MR) is 96.5 cm³/mol. The number of rotatable bonds is 6. The Morgan fingerprint density at radius 2 is 1.62 bits per heavy atom. The SMILES string of the molecule is O=C(CSCc1ccncc1)Nc1ccc(-c2cncnc2)cc1. The molecule has 0 bridgehead atoms. The van der Waals surface area contributed by atoms with Gasteiger partial charge in [0.15, 0.2) is 0 Å². The minimum Gasteiger partial charge on any atom is -0.325 e. The van der Waals surface area contributed by atoms with Crippen LogP contribution in [0.5, 0.6) is 0 Å². The highest BCUT2D eigenvalue weighted by atomic mass is 32.2. The molecule has 3 aromatic rings. The highest BCUT2D eigenvalue weighted by Crippen LogP contribution is 2.20. The van der Waals surface area contributed by atoms with Crippen molar-refractivity contribution in [3.8, 4) is 11.1 Å². The van der Waals surface area contributed by atoms with Gasteiger partial charge in [0.25, 0.3) is 0 Å². The molecule has 1 N–H and O–H groups in total. The Morgan fingerprint density at radius 3 is 2.33 bits per heavy atom. The molecule has 0 unspecified atom stereocenters. The van der Waals surface area contributed by atoms with Crippen LogP contribution in [0, 0.1) is 0 Å². The van der Waals surface area contributed by atoms with Crippen molar-refractivity contribution < 1.29 is 4.79 Å². The average Bonchev–Trinajstić information content (AvgIpc) is 2.64. The molecule has 0 aliphatic heterocycles. The Labute approximate surface area is 144 Å². The van der Waals surface area contributed by atoms with Crippen molar-refractivity contribution in [3.05, 3.63) is 73.1 Å². The molecule has 0 fully saturated rings. The van der Waals surface area contributed by atoms with E-state index in [1.807, 2.05) is 36.4 Å². The van der Waals surface area contributed by atoms with Crippen molar-refractivity contribution >= 4 is 23.4 Å². The molecule has 0 aliphatic carbocycles. The number of hydrogen-bond donors (Lipinski definition) is 1. The number of amides is 1. The smallest absolute Gasteiger partial charge is 0.234 e. The van der Waals surface area contributed by atoms with E-state index in [-0.39, 0.29) is 5.91 Å². The second-order valence-corrected chi connectivity index (χ2v) is 6.09. The average molecular weight is 336 g/mol. The Morgan fingerprint density at radius 1 is 0.917 bits per heavy atom. The lowest BCUT2D eigenvalue weighted by Crippen LogP contribution is -2.14. The Balaban J connectivity index is 1.49. The summed E-state index contributed by atoms with van der Waals surface area (Å²) in [4.78, 5) is 24.0. The van der Waals surface area contributed by atoms with E-state index in [4.69, 9.17) is 0 Å². The van der Waals surface area contributed by atoms with Crippen LogP contribution in [0.2, 0.25) is 0 Å². The molecule has 24 heavy (non-hydrogen) atoms. The van der Waals surface area contributed by atoms with Crippen LogP contribution in [0.25, 0.3) is 11.1 Å². The molecule has 5 nitrogen and oxygen atoms in total. The second-order valence-electron chi connectivity index (χ2n) is 5.10. The molecule has 0 saturated carbocycles. The quantitative estimate of drug-likeness (QED) is 0.747. The number of carbonyl (C=O) groups excluding carboxylic acids is 1. The van der Waals surface area contributed by atoms with Crippen LogP contribution in [-0.2, 0) is 10.5 Å². The van der Waals surface area contributed by atoms with Gasteiger partial charge in [-0.3, -0.25) is 9.78 Å². The van der Waals surface area contributed by atoms with E-state index in [0.29, 0.717) is 5.75 Å². The summed E-state index contributed by atoms with van der Waals surface area (Å²) in [6, 6.07) is 11.6. The summed E-state index contributed by atoms with van der Waals surface area (Å²) in [5.41, 5.74) is 3.91. The fourth-order valence-electron chi connectivity index (χ4n) is 2.13. The van der Waals surface area contributed by atoms with Gasteiger partial charge in [-0.25, -0.2) is 9.97 Å². The molecule has 6 heteroatoms. The molecule has 1 amide bonds. The van der Waals surface area contributed by atoms with Crippen LogP contribution in [0.3, 0.4) is 0 Å². The lowest BCUT2D eigenvalue weighted by atomic mass is 10.1. The highest BCUT2D eigenvalue weighted by molar-refractivity contribution is 7.99. The van der Waals surface area contributed by atoms with E-state index in [1.54, 1.807) is 36.5 Å². The van der Waals surface area contributed by atoms with Gasteiger partial charge < -0.3 is 5.32 Å². The summed E-state index contributed by atoms with van der Waals surface area (Å²) < 4.78 is 0. The second kappa shape index (κ2) is 8.21. The van der Waals surface area contributed by atoms with Gasteiger partial charge in [0, 0.05) is 41.8 Å². The summed E-state index contributed by atoms with van der Waals surface area (Å²) in [6.45, 7) is 0. The molecule has 120 valence electrons. The fraction of sp³-hybridized carbons (Fsp3) is 0.111. The van der Waals surface area contributed by atoms with Gasteiger partial charge >= 0.3 is 0 Å². The van der Waals surface area contributed by atoms with Crippen LogP contribution in [0.15, 0.2) is 67.5 Å². The Bertz CT molecular complexity index is 779. The van der Waals surface area contributed by atoms with Crippen molar-refractivity contribution in [2.75, 3.05) is 11.1 Å². The molecular weight excluding hydrogens is 320 g/mol. The van der Waals surface area contributed by atoms with E-state index < -0.39 is 0 Å². The summed E-state index contributed by atoms with van der Waals surface area (Å²) in [6.07, 6.45) is 8.54. The Kier molecular flexibility index (Phi) is 5.52. The van der Waals surface area contributed by atoms with E-state index >= 15 is 0 Å². The van der Waals surface area contributed by atoms with Gasteiger partial charge in [-0.2, -0.15) is 0 Å². The lowest BCUT2D eigenvalue weighted by molar-refractivity contribution is -0.113. The van der Waals surface area contributed by atoms with E-state index in [0.717, 1.165) is 28.1 Å². The third-order valence-corrected chi connectivity index (χ3v) is 4.32. The van der Waals surface area contributed by atoms with Gasteiger partial charge in [-0.1, -0.05) is 12.1 Å². The normalized spacial score (nSPS) is 10.3. The zero-order valence-electron chi connectivity index (χ0n) is 12.9. The van der Waals surface area contributed by atoms with E-state index in [9.17, 15) is 4.79 Å². The first kappa shape index (κ1) is 16.1. The molecule has 0 aliphatic rings. The molecule has 2 heterocycles. The fourth-order valence-corrected chi connectivity index (χ4v) is 2.92. The molecule has 0 saturated heterocycles. The number of nitrogens with one attached hydrogen (secondary N) is 1. The maximum Gasteiger partial charge on any atom is 0.234 e. The zero-order chi connectivity index (χ0) is 16.6. The summed E-state index contributed by atoms with van der Waals surface area (Å²) in [5.74, 6) is 1.20. The van der Waals surface area contributed by atoms with Gasteiger partial charge in [0.05, 0.1) is 5.75 Å². The van der Waals surface area contributed by atoms with Gasteiger partial charge in [0.2, 0.25) is 5.91 Å². The number of nitrogens with zero attached hydrogens (tertiary/aromatic N) is 3. The summed E-state index contributed by atoms with van der Waals surface area (Å²) in [7, 11) is 0. The minimum absolute atomic E-state index is 0.00940. The molecule has 2 aromatic heterocycles. The largest absolute Gasteiger partial charge is 0.325 e. The number of anilines is 1. The van der Waals surface area contributed by atoms with Crippen LogP contribution in [0.1, 0.15) is 5.56 Å². The number of thioether (sulfide) groups is 1. The monoisotopic (exact) mass is 336 g/mol. The molecule has 0 atom stereocenters. The molecule has 3 rings (SSSR count). The van der Waals surface area contributed by atoms with Crippen molar-refractivity contribution in [3.63, 3.8) is 0 Å². The van der Waals surface area contributed by atoms with Crippen LogP contribution in [0.4, 0.5) is 5.69 Å². The first-order valence-corrected chi connectivity index (χ1v) is 8.59. The lowest BCUT2D eigenvalue weighted by Gasteiger charge is -2.07. The number of aromatic nitrogens is 3. The zero-order valence-corrected chi connectivity index (χ0v) is 13.7. The minimum atomic E-state index is -0.00940. The van der Waals surface area contributed by atoms with Crippen molar-refractivity contribution in [2.24, 2.45) is 0 Å². The standard InChI is InChI=1S/C18H16N4OS/c23-18(12-24-11-14-5-7-19-8-6-14)22-17-3-1-15(2-4-17)16-9-20-13-21-10-16/h1-10,13H,11-12H2,(H,22,23). The number of pyridine rings is 1. The molecular formula is C18H16N4OS. The van der Waals surface area contributed by atoms with Crippen molar-refractivity contribution in [2.45, 2.75) is 5.75 Å². The van der Waals surface area contributed by atoms with E-state index in [1.165, 1.54) is 6.33 Å². The maximum absolute atomic E-state index is 12.0. The number of carbonyl (C=O) groups is 1. The van der Waals surface area contributed by atoms with E-state index in [2.05, 4.69) is 20.3 Å². The first-order valence-electron chi connectivity index (χ1n) is 7.43. The van der Waals surface area contributed by atoms with Crippen LogP contribution >= 0.6 is 11.8 Å². The highest BCUT2D eigenvalue weighted by Gasteiger charge is 2.04. The van der Waals surface area contributed by atoms with Crippen molar-refractivity contribution in [1.82, 2.24) is 15.0 Å². The number of benzene rings is 1. The van der Waals surface area contributed by atoms with Crippen molar-refractivity contribution in [1.29, 1.82) is 0 Å². The molecule has 0 spiro atoms. The number of hydrogen-bond acceptors (Lipinski definition) is 5. The van der Waals surface area contributed by atoms with Crippen LogP contribution in [-0.4, -0.2) is 26.6 Å². The van der Waals surface area contributed by atoms with Gasteiger partial charge in [0.1, 0.15) is 6.33 Å².